The first kappa shape index (κ1) is 8.26. The number of rotatable bonds is 1. The van der Waals surface area contributed by atoms with Gasteiger partial charge in [0.2, 0.25) is 0 Å². The van der Waals surface area contributed by atoms with Gasteiger partial charge in [0.15, 0.2) is 0 Å². The van der Waals surface area contributed by atoms with E-state index in [1.807, 2.05) is 4.57 Å². The van der Waals surface area contributed by atoms with Gasteiger partial charge in [-0.25, -0.2) is 9.89 Å². The molecule has 2 aliphatic rings. The minimum absolute atomic E-state index is 0.00519. The first-order valence-electron chi connectivity index (χ1n) is 5.52. The van der Waals surface area contributed by atoms with Crippen LogP contribution >= 0.6 is 0 Å². The number of aromatic nitrogens is 3. The maximum Gasteiger partial charge on any atom is 0.343 e. The molecule has 0 bridgehead atoms. The zero-order valence-electron chi connectivity index (χ0n) is 8.20. The lowest BCUT2D eigenvalue weighted by Crippen LogP contribution is -2.24. The summed E-state index contributed by atoms with van der Waals surface area (Å²) < 4.78 is 1.90. The Kier molecular flexibility index (Phi) is 1.75. The molecule has 1 fully saturated rings. The van der Waals surface area contributed by atoms with E-state index in [0.29, 0.717) is 6.04 Å². The molecule has 1 aromatic rings. The Morgan fingerprint density at radius 1 is 1.29 bits per heavy atom. The van der Waals surface area contributed by atoms with Crippen molar-refractivity contribution >= 4 is 0 Å². The minimum Gasteiger partial charge on any atom is -0.276 e. The van der Waals surface area contributed by atoms with Crippen molar-refractivity contribution in [2.24, 2.45) is 5.92 Å². The number of nitrogens with one attached hydrogen (secondary N) is 1. The van der Waals surface area contributed by atoms with Gasteiger partial charge in [0.1, 0.15) is 5.82 Å². The van der Waals surface area contributed by atoms with Crippen LogP contribution in [0.4, 0.5) is 0 Å². The summed E-state index contributed by atoms with van der Waals surface area (Å²) in [6.45, 7) is 0. The highest BCUT2D eigenvalue weighted by molar-refractivity contribution is 5.00. The van der Waals surface area contributed by atoms with Crippen LogP contribution in [0, 0.1) is 5.92 Å². The Bertz CT molecular complexity index is 386. The van der Waals surface area contributed by atoms with Gasteiger partial charge in [-0.2, -0.15) is 5.10 Å². The molecule has 0 saturated heterocycles. The van der Waals surface area contributed by atoms with Gasteiger partial charge in [-0.3, -0.25) is 4.57 Å². The van der Waals surface area contributed by atoms with Crippen molar-refractivity contribution in [1.29, 1.82) is 0 Å². The molecule has 1 aliphatic heterocycles. The molecular weight excluding hydrogens is 178 g/mol. The molecule has 1 N–H and O–H groups in total. The first-order chi connectivity index (χ1) is 6.86. The van der Waals surface area contributed by atoms with Gasteiger partial charge in [-0.15, -0.1) is 0 Å². The molecule has 14 heavy (non-hydrogen) atoms. The second-order valence-electron chi connectivity index (χ2n) is 4.47. The normalized spacial score (nSPS) is 27.0. The summed E-state index contributed by atoms with van der Waals surface area (Å²) in [6, 6.07) is 0.443. The number of aromatic amines is 1. The number of hydrogen-bond acceptors (Lipinski definition) is 2. The molecule has 1 atom stereocenters. The molecule has 0 amide bonds. The van der Waals surface area contributed by atoms with E-state index in [1.165, 1.54) is 25.7 Å². The SMILES string of the molecule is O=c1[nH]nc2n1C(C1CCCC1)CC2. The van der Waals surface area contributed by atoms with Gasteiger partial charge in [-0.05, 0) is 25.2 Å². The van der Waals surface area contributed by atoms with E-state index in [9.17, 15) is 4.79 Å². The zero-order chi connectivity index (χ0) is 9.54. The number of fused-ring (bicyclic) bond motifs is 1. The molecule has 4 heteroatoms. The van der Waals surface area contributed by atoms with E-state index in [4.69, 9.17) is 0 Å². The van der Waals surface area contributed by atoms with Crippen molar-refractivity contribution in [2.75, 3.05) is 0 Å². The van der Waals surface area contributed by atoms with E-state index in [2.05, 4.69) is 10.2 Å². The van der Waals surface area contributed by atoms with Crippen molar-refractivity contribution < 1.29 is 0 Å². The molecule has 1 aromatic heterocycles. The van der Waals surface area contributed by atoms with Crippen molar-refractivity contribution in [3.05, 3.63) is 16.3 Å². The maximum atomic E-state index is 11.5. The molecule has 0 aromatic carbocycles. The number of H-pyrrole nitrogens is 1. The van der Waals surface area contributed by atoms with Crippen molar-refractivity contribution in [1.82, 2.24) is 14.8 Å². The fourth-order valence-corrected chi connectivity index (χ4v) is 3.05. The number of aryl methyl sites for hydroxylation is 1. The predicted molar refractivity (Wildman–Crippen MR) is 52.2 cm³/mol. The predicted octanol–water partition coefficient (Wildman–Crippen LogP) is 1.25. The van der Waals surface area contributed by atoms with Gasteiger partial charge in [0.05, 0.1) is 0 Å². The third kappa shape index (κ3) is 1.06. The lowest BCUT2D eigenvalue weighted by molar-refractivity contribution is 0.340. The smallest absolute Gasteiger partial charge is 0.276 e. The van der Waals surface area contributed by atoms with Crippen LogP contribution in [0.15, 0.2) is 4.79 Å². The largest absolute Gasteiger partial charge is 0.343 e. The lowest BCUT2D eigenvalue weighted by atomic mass is 9.96. The molecule has 2 heterocycles. The number of hydrogen-bond donors (Lipinski definition) is 1. The van der Waals surface area contributed by atoms with Crippen LogP contribution in [0.2, 0.25) is 0 Å². The van der Waals surface area contributed by atoms with Crippen LogP contribution in [0.5, 0.6) is 0 Å². The van der Waals surface area contributed by atoms with E-state index >= 15 is 0 Å². The zero-order valence-corrected chi connectivity index (χ0v) is 8.20. The van der Waals surface area contributed by atoms with Crippen LogP contribution < -0.4 is 5.69 Å². The molecule has 0 spiro atoms. The highest BCUT2D eigenvalue weighted by atomic mass is 16.1. The highest BCUT2D eigenvalue weighted by Crippen LogP contribution is 2.39. The second-order valence-corrected chi connectivity index (χ2v) is 4.47. The molecule has 3 rings (SSSR count). The molecule has 0 radical (unpaired) electrons. The van der Waals surface area contributed by atoms with Gasteiger partial charge in [0.25, 0.3) is 0 Å². The summed E-state index contributed by atoms with van der Waals surface area (Å²) in [7, 11) is 0. The highest BCUT2D eigenvalue weighted by Gasteiger charge is 2.33. The van der Waals surface area contributed by atoms with Gasteiger partial charge in [-0.1, -0.05) is 12.8 Å². The van der Waals surface area contributed by atoms with E-state index < -0.39 is 0 Å². The van der Waals surface area contributed by atoms with Gasteiger partial charge >= 0.3 is 5.69 Å². The van der Waals surface area contributed by atoms with E-state index in [0.717, 1.165) is 24.6 Å². The number of nitrogens with zero attached hydrogens (tertiary/aromatic N) is 2. The summed E-state index contributed by atoms with van der Waals surface area (Å²) in [5, 5.41) is 6.59. The summed E-state index contributed by atoms with van der Waals surface area (Å²) >= 11 is 0. The Labute approximate surface area is 82.3 Å². The first-order valence-corrected chi connectivity index (χ1v) is 5.52. The van der Waals surface area contributed by atoms with Gasteiger partial charge in [0, 0.05) is 12.5 Å². The summed E-state index contributed by atoms with van der Waals surface area (Å²) in [5.41, 5.74) is -0.00519. The van der Waals surface area contributed by atoms with E-state index in [-0.39, 0.29) is 5.69 Å². The minimum atomic E-state index is -0.00519. The second kappa shape index (κ2) is 2.97. The van der Waals surface area contributed by atoms with Gasteiger partial charge < -0.3 is 0 Å². The average Bonchev–Trinajstić information content (AvgIpc) is 2.84. The van der Waals surface area contributed by atoms with Crippen LogP contribution in [-0.4, -0.2) is 14.8 Å². The standard InChI is InChI=1S/C10H15N3O/c14-10-12-11-9-6-5-8(13(9)10)7-3-1-2-4-7/h7-8H,1-6H2,(H,12,14). The van der Waals surface area contributed by atoms with Crippen LogP contribution in [0.25, 0.3) is 0 Å². The van der Waals surface area contributed by atoms with Crippen LogP contribution in [0.3, 0.4) is 0 Å². The Hall–Kier alpha value is -1.06. The Morgan fingerprint density at radius 3 is 2.86 bits per heavy atom. The van der Waals surface area contributed by atoms with E-state index in [1.54, 1.807) is 0 Å². The monoisotopic (exact) mass is 193 g/mol. The molecule has 76 valence electrons. The summed E-state index contributed by atoms with van der Waals surface area (Å²) in [5.74, 6) is 1.69. The molecular formula is C10H15N3O. The average molecular weight is 193 g/mol. The third-order valence-corrected chi connectivity index (χ3v) is 3.72. The van der Waals surface area contributed by atoms with Crippen molar-refractivity contribution in [3.8, 4) is 0 Å². The molecule has 1 unspecified atom stereocenters. The van der Waals surface area contributed by atoms with Crippen molar-refractivity contribution in [3.63, 3.8) is 0 Å². The molecule has 1 saturated carbocycles. The third-order valence-electron chi connectivity index (χ3n) is 3.72. The summed E-state index contributed by atoms with van der Waals surface area (Å²) in [4.78, 5) is 11.5. The van der Waals surface area contributed by atoms with Crippen LogP contribution in [0.1, 0.15) is 44.0 Å². The fourth-order valence-electron chi connectivity index (χ4n) is 3.05. The maximum absolute atomic E-state index is 11.5. The molecule has 1 aliphatic carbocycles. The fraction of sp³-hybridized carbons (Fsp3) is 0.800. The Morgan fingerprint density at radius 2 is 2.07 bits per heavy atom. The summed E-state index contributed by atoms with van der Waals surface area (Å²) in [6.07, 6.45) is 7.35. The van der Waals surface area contributed by atoms with Crippen molar-refractivity contribution in [2.45, 2.75) is 44.6 Å². The Balaban J connectivity index is 1.96. The van der Waals surface area contributed by atoms with Crippen LogP contribution in [-0.2, 0) is 6.42 Å². The molecule has 4 nitrogen and oxygen atoms in total. The lowest BCUT2D eigenvalue weighted by Gasteiger charge is -2.18. The topological polar surface area (TPSA) is 50.7 Å². The quantitative estimate of drug-likeness (QED) is 0.729.